The lowest BCUT2D eigenvalue weighted by atomic mass is 10.4. The second-order valence-corrected chi connectivity index (χ2v) is 2.55. The Morgan fingerprint density at radius 1 is 1.57 bits per heavy atom. The van der Waals surface area contributed by atoms with Gasteiger partial charge in [-0.1, -0.05) is 6.08 Å². The van der Waals surface area contributed by atoms with Crippen molar-refractivity contribution < 1.29 is 4.74 Å². The third-order valence-electron chi connectivity index (χ3n) is 1.50. The molecule has 0 aliphatic carbocycles. The zero-order chi connectivity index (χ0) is 10.4. The van der Waals surface area contributed by atoms with Crippen LogP contribution in [0.2, 0.25) is 0 Å². The lowest BCUT2D eigenvalue weighted by Crippen LogP contribution is -2.08. The zero-order valence-corrected chi connectivity index (χ0v) is 8.15. The molecule has 1 rings (SSSR count). The number of H-pyrrole nitrogens is 1. The predicted molar refractivity (Wildman–Crippen MR) is 54.1 cm³/mol. The van der Waals surface area contributed by atoms with Crippen molar-refractivity contribution in [3.8, 4) is 5.75 Å². The van der Waals surface area contributed by atoms with Crippen molar-refractivity contribution in [1.29, 1.82) is 0 Å². The van der Waals surface area contributed by atoms with Crippen molar-refractivity contribution in [1.82, 2.24) is 9.97 Å². The van der Waals surface area contributed by atoms with E-state index in [2.05, 4.69) is 9.97 Å². The zero-order valence-electron chi connectivity index (χ0n) is 8.15. The summed E-state index contributed by atoms with van der Waals surface area (Å²) < 4.78 is 5.40. The Labute approximate surface area is 82.0 Å². The number of hydrogen-bond acceptors (Lipinski definition) is 3. The van der Waals surface area contributed by atoms with Gasteiger partial charge in [0, 0.05) is 0 Å². The van der Waals surface area contributed by atoms with Gasteiger partial charge in [0.1, 0.15) is 5.76 Å². The van der Waals surface area contributed by atoms with Crippen LogP contribution in [0.1, 0.15) is 13.8 Å². The lowest BCUT2D eigenvalue weighted by Gasteiger charge is -2.03. The van der Waals surface area contributed by atoms with Crippen molar-refractivity contribution >= 4 is 0 Å². The van der Waals surface area contributed by atoms with Gasteiger partial charge in [0.2, 0.25) is 0 Å². The molecule has 0 amide bonds. The highest BCUT2D eigenvalue weighted by molar-refractivity contribution is 5.20. The van der Waals surface area contributed by atoms with Crippen molar-refractivity contribution in [3.63, 3.8) is 0 Å². The van der Waals surface area contributed by atoms with Crippen LogP contribution in [0, 0.1) is 0 Å². The van der Waals surface area contributed by atoms with Crippen LogP contribution >= 0.6 is 0 Å². The van der Waals surface area contributed by atoms with E-state index in [0.29, 0.717) is 11.5 Å². The van der Waals surface area contributed by atoms with Gasteiger partial charge >= 0.3 is 5.69 Å². The summed E-state index contributed by atoms with van der Waals surface area (Å²) in [4.78, 5) is 16.6. The minimum absolute atomic E-state index is 0.384. The fourth-order valence-corrected chi connectivity index (χ4v) is 0.875. The maximum absolute atomic E-state index is 10.7. The summed E-state index contributed by atoms with van der Waals surface area (Å²) in [5.41, 5.74) is -0.384. The summed E-state index contributed by atoms with van der Waals surface area (Å²) in [5.74, 6) is 1.22. The van der Waals surface area contributed by atoms with Crippen molar-refractivity contribution in [2.24, 2.45) is 0 Å². The van der Waals surface area contributed by atoms with Gasteiger partial charge in [-0.25, -0.2) is 4.79 Å². The molecule has 74 valence electrons. The van der Waals surface area contributed by atoms with Crippen LogP contribution in [0.15, 0.2) is 41.2 Å². The minimum Gasteiger partial charge on any atom is -0.455 e. The Morgan fingerprint density at radius 2 is 2.36 bits per heavy atom. The smallest absolute Gasteiger partial charge is 0.345 e. The molecule has 0 aromatic carbocycles. The molecule has 0 spiro atoms. The van der Waals surface area contributed by atoms with E-state index in [9.17, 15) is 4.79 Å². The third kappa shape index (κ3) is 2.90. The number of aromatic amines is 1. The first kappa shape index (κ1) is 10.2. The summed E-state index contributed by atoms with van der Waals surface area (Å²) in [6.45, 7) is 3.77. The Balaban J connectivity index is 2.78. The van der Waals surface area contributed by atoms with Gasteiger partial charge in [0.15, 0.2) is 5.75 Å². The highest BCUT2D eigenvalue weighted by Gasteiger charge is 1.95. The number of hydrogen-bond donors (Lipinski definition) is 1. The second-order valence-electron chi connectivity index (χ2n) is 2.55. The topological polar surface area (TPSA) is 55.0 Å². The molecule has 0 aliphatic heterocycles. The monoisotopic (exact) mass is 192 g/mol. The first-order valence-electron chi connectivity index (χ1n) is 4.28. The molecule has 0 atom stereocenters. The molecule has 1 aromatic heterocycles. The van der Waals surface area contributed by atoms with E-state index in [1.165, 1.54) is 12.4 Å². The molecule has 1 N–H and O–H groups in total. The van der Waals surface area contributed by atoms with Crippen LogP contribution in [0.5, 0.6) is 5.75 Å². The number of rotatable bonds is 3. The van der Waals surface area contributed by atoms with E-state index in [-0.39, 0.29) is 5.69 Å². The summed E-state index contributed by atoms with van der Waals surface area (Å²) in [5, 5.41) is 0. The van der Waals surface area contributed by atoms with E-state index in [1.54, 1.807) is 0 Å². The first-order valence-corrected chi connectivity index (χ1v) is 4.28. The Bertz CT molecular complexity index is 384. The van der Waals surface area contributed by atoms with Crippen molar-refractivity contribution in [2.75, 3.05) is 0 Å². The van der Waals surface area contributed by atoms with Crippen LogP contribution in [0.25, 0.3) is 0 Å². The maximum Gasteiger partial charge on any atom is 0.345 e. The average Bonchev–Trinajstić information content (AvgIpc) is 2.20. The van der Waals surface area contributed by atoms with Crippen LogP contribution in [-0.2, 0) is 0 Å². The number of allylic oxidation sites excluding steroid dienone is 3. The quantitative estimate of drug-likeness (QED) is 0.585. The van der Waals surface area contributed by atoms with E-state index in [1.807, 2.05) is 32.1 Å². The molecule has 1 heterocycles. The first-order chi connectivity index (χ1) is 6.76. The number of ether oxygens (including phenoxy) is 1. The van der Waals surface area contributed by atoms with E-state index in [4.69, 9.17) is 4.74 Å². The normalized spacial score (nSPS) is 12.0. The fraction of sp³-hybridized carbons (Fsp3) is 0.200. The Hall–Kier alpha value is -1.84. The minimum atomic E-state index is -0.384. The van der Waals surface area contributed by atoms with Gasteiger partial charge in [-0.2, -0.15) is 4.98 Å². The fourth-order valence-electron chi connectivity index (χ4n) is 0.875. The number of nitrogens with one attached hydrogen (secondary N) is 1. The molecule has 1 aromatic rings. The van der Waals surface area contributed by atoms with E-state index >= 15 is 0 Å². The second kappa shape index (κ2) is 5.01. The molecular weight excluding hydrogens is 180 g/mol. The maximum atomic E-state index is 10.7. The van der Waals surface area contributed by atoms with Crippen LogP contribution < -0.4 is 10.4 Å². The van der Waals surface area contributed by atoms with Gasteiger partial charge in [0.25, 0.3) is 0 Å². The SMILES string of the molecule is C/C=C\C(=C/C)Oc1cnc(=O)[nH]c1. The highest BCUT2D eigenvalue weighted by Crippen LogP contribution is 2.09. The Kier molecular flexibility index (Phi) is 3.67. The molecule has 4 heteroatoms. The molecule has 0 aliphatic rings. The molecule has 0 radical (unpaired) electrons. The van der Waals surface area contributed by atoms with Crippen molar-refractivity contribution in [3.05, 3.63) is 46.9 Å². The molecule has 0 saturated carbocycles. The van der Waals surface area contributed by atoms with Crippen LogP contribution in [0.4, 0.5) is 0 Å². The van der Waals surface area contributed by atoms with Crippen LogP contribution in [-0.4, -0.2) is 9.97 Å². The summed E-state index contributed by atoms with van der Waals surface area (Å²) in [6.07, 6.45) is 8.37. The van der Waals surface area contributed by atoms with Crippen LogP contribution in [0.3, 0.4) is 0 Å². The molecular formula is C10H12N2O2. The van der Waals surface area contributed by atoms with Gasteiger partial charge in [-0.05, 0) is 26.0 Å². The van der Waals surface area contributed by atoms with Gasteiger partial charge < -0.3 is 9.72 Å². The Morgan fingerprint density at radius 3 is 2.86 bits per heavy atom. The van der Waals surface area contributed by atoms with E-state index in [0.717, 1.165) is 0 Å². The van der Waals surface area contributed by atoms with Gasteiger partial charge in [0.05, 0.1) is 12.4 Å². The van der Waals surface area contributed by atoms with E-state index < -0.39 is 0 Å². The predicted octanol–water partition coefficient (Wildman–Crippen LogP) is 1.63. The number of aromatic nitrogens is 2. The third-order valence-corrected chi connectivity index (χ3v) is 1.50. The molecule has 0 fully saturated rings. The van der Waals surface area contributed by atoms with Crippen molar-refractivity contribution in [2.45, 2.75) is 13.8 Å². The summed E-state index contributed by atoms with van der Waals surface area (Å²) >= 11 is 0. The lowest BCUT2D eigenvalue weighted by molar-refractivity contribution is 0.438. The number of nitrogens with zero attached hydrogens (tertiary/aromatic N) is 1. The molecule has 4 nitrogen and oxygen atoms in total. The largest absolute Gasteiger partial charge is 0.455 e. The van der Waals surface area contributed by atoms with Gasteiger partial charge in [-0.15, -0.1) is 0 Å². The summed E-state index contributed by atoms with van der Waals surface area (Å²) in [7, 11) is 0. The highest BCUT2D eigenvalue weighted by atomic mass is 16.5. The summed E-state index contributed by atoms with van der Waals surface area (Å²) in [6, 6.07) is 0. The van der Waals surface area contributed by atoms with Gasteiger partial charge in [-0.3, -0.25) is 0 Å². The molecule has 0 saturated heterocycles. The molecule has 0 unspecified atom stereocenters. The average molecular weight is 192 g/mol. The molecule has 0 bridgehead atoms. The molecule has 14 heavy (non-hydrogen) atoms. The standard InChI is InChI=1S/C10H12N2O2/c1-3-5-8(4-2)14-9-6-11-10(13)12-7-9/h3-7H,1-2H3,(H,11,12,13)/b5-3-,8-4+.